The predicted molar refractivity (Wildman–Crippen MR) is 79.7 cm³/mol. The number of halogens is 2. The van der Waals surface area contributed by atoms with E-state index in [9.17, 15) is 4.39 Å². The summed E-state index contributed by atoms with van der Waals surface area (Å²) in [5.41, 5.74) is 1.94. The van der Waals surface area contributed by atoms with Crippen molar-refractivity contribution >= 4 is 15.9 Å². The van der Waals surface area contributed by atoms with E-state index in [0.29, 0.717) is 18.2 Å². The average molecular weight is 325 g/mol. The van der Waals surface area contributed by atoms with Gasteiger partial charge in [0, 0.05) is 35.0 Å². The molecule has 2 nitrogen and oxygen atoms in total. The molecule has 1 aromatic heterocycles. The Bertz CT molecular complexity index is 547. The lowest BCUT2D eigenvalue weighted by molar-refractivity contribution is 0.573. The third kappa shape index (κ3) is 3.45. The molecule has 1 atom stereocenters. The summed E-state index contributed by atoms with van der Waals surface area (Å²) in [6.45, 7) is 2.70. The fraction of sp³-hybridized carbons (Fsp3) is 0.333. The molecule has 0 aliphatic heterocycles. The molecule has 1 unspecified atom stereocenters. The molecule has 0 saturated heterocycles. The zero-order chi connectivity index (χ0) is 13.8. The number of rotatable bonds is 5. The van der Waals surface area contributed by atoms with E-state index >= 15 is 0 Å². The molecule has 0 spiro atoms. The van der Waals surface area contributed by atoms with Gasteiger partial charge in [0.2, 0.25) is 0 Å². The quantitative estimate of drug-likeness (QED) is 0.875. The van der Waals surface area contributed by atoms with Gasteiger partial charge in [-0.15, -0.1) is 0 Å². The van der Waals surface area contributed by atoms with E-state index in [1.165, 1.54) is 11.6 Å². The molecule has 1 aromatic carbocycles. The Morgan fingerprint density at radius 3 is 2.79 bits per heavy atom. The van der Waals surface area contributed by atoms with Crippen LogP contribution in [0.5, 0.6) is 0 Å². The predicted octanol–water partition coefficient (Wildman–Crippen LogP) is 4.11. The van der Waals surface area contributed by atoms with Gasteiger partial charge in [-0.05, 0) is 37.2 Å². The number of benzene rings is 1. The molecule has 2 aromatic rings. The summed E-state index contributed by atoms with van der Waals surface area (Å²) in [6, 6.07) is 7.62. The first-order valence-corrected chi connectivity index (χ1v) is 7.20. The maximum atomic E-state index is 13.8. The lowest BCUT2D eigenvalue weighted by Crippen LogP contribution is -2.14. The minimum atomic E-state index is -0.176. The lowest BCUT2D eigenvalue weighted by atomic mass is 10.1. The fourth-order valence-corrected chi connectivity index (χ4v) is 2.55. The molecule has 4 heteroatoms. The van der Waals surface area contributed by atoms with Gasteiger partial charge in [-0.25, -0.2) is 4.39 Å². The first-order chi connectivity index (χ1) is 9.13. The third-order valence-corrected chi connectivity index (χ3v) is 3.79. The Morgan fingerprint density at radius 1 is 1.37 bits per heavy atom. The summed E-state index contributed by atoms with van der Waals surface area (Å²) in [7, 11) is 1.96. The van der Waals surface area contributed by atoms with Crippen molar-refractivity contribution in [2.24, 2.45) is 0 Å². The van der Waals surface area contributed by atoms with Crippen LogP contribution in [-0.2, 0) is 6.54 Å². The highest BCUT2D eigenvalue weighted by Gasteiger charge is 2.09. The van der Waals surface area contributed by atoms with Crippen molar-refractivity contribution in [2.75, 3.05) is 7.05 Å². The second kappa shape index (κ2) is 6.35. The summed E-state index contributed by atoms with van der Waals surface area (Å²) < 4.78 is 16.6. The molecule has 0 aliphatic rings. The Kier molecular flexibility index (Phi) is 4.77. The summed E-state index contributed by atoms with van der Waals surface area (Å²) in [4.78, 5) is 0. The zero-order valence-corrected chi connectivity index (χ0v) is 12.7. The standard InChI is InChI=1S/C15H18BrFN2/c1-3-15(18-2)12-6-7-19(10-12)9-11-4-5-13(16)8-14(11)17/h4-8,10,15,18H,3,9H2,1-2H3. The first-order valence-electron chi connectivity index (χ1n) is 6.41. The smallest absolute Gasteiger partial charge is 0.129 e. The summed E-state index contributed by atoms with van der Waals surface area (Å²) in [5, 5.41) is 3.27. The van der Waals surface area contributed by atoms with Gasteiger partial charge in [0.1, 0.15) is 5.82 Å². The van der Waals surface area contributed by atoms with Gasteiger partial charge >= 0.3 is 0 Å². The Labute approximate surface area is 121 Å². The van der Waals surface area contributed by atoms with E-state index in [2.05, 4.69) is 40.4 Å². The molecule has 0 fully saturated rings. The highest BCUT2D eigenvalue weighted by Crippen LogP contribution is 2.19. The molecule has 0 bridgehead atoms. The lowest BCUT2D eigenvalue weighted by Gasteiger charge is -2.11. The summed E-state index contributed by atoms with van der Waals surface area (Å²) in [6.07, 6.45) is 5.11. The second-order valence-corrected chi connectivity index (χ2v) is 5.52. The van der Waals surface area contributed by atoms with Crippen LogP contribution < -0.4 is 5.32 Å². The maximum absolute atomic E-state index is 13.8. The molecule has 1 N–H and O–H groups in total. The zero-order valence-electron chi connectivity index (χ0n) is 11.2. The van der Waals surface area contributed by atoms with Crippen LogP contribution in [0.3, 0.4) is 0 Å². The molecule has 19 heavy (non-hydrogen) atoms. The van der Waals surface area contributed by atoms with Gasteiger partial charge in [-0.3, -0.25) is 0 Å². The van der Waals surface area contributed by atoms with Crippen molar-refractivity contribution in [3.63, 3.8) is 0 Å². The second-order valence-electron chi connectivity index (χ2n) is 4.60. The van der Waals surface area contributed by atoms with Gasteiger partial charge in [0.05, 0.1) is 0 Å². The SMILES string of the molecule is CCC(NC)c1ccn(Cc2ccc(Br)cc2F)c1. The number of aromatic nitrogens is 1. The normalized spacial score (nSPS) is 12.6. The van der Waals surface area contributed by atoms with Crippen LogP contribution in [-0.4, -0.2) is 11.6 Å². The van der Waals surface area contributed by atoms with Crippen LogP contribution in [0.15, 0.2) is 41.1 Å². The molecule has 0 amide bonds. The van der Waals surface area contributed by atoms with Crippen LogP contribution >= 0.6 is 15.9 Å². The fourth-order valence-electron chi connectivity index (χ4n) is 2.22. The molecule has 0 aliphatic carbocycles. The van der Waals surface area contributed by atoms with Crippen LogP contribution in [0.1, 0.15) is 30.5 Å². The molecule has 0 radical (unpaired) electrons. The van der Waals surface area contributed by atoms with Crippen molar-refractivity contribution in [2.45, 2.75) is 25.9 Å². The van der Waals surface area contributed by atoms with Crippen molar-refractivity contribution < 1.29 is 4.39 Å². The van der Waals surface area contributed by atoms with Crippen LogP contribution in [0.2, 0.25) is 0 Å². The van der Waals surface area contributed by atoms with E-state index in [0.717, 1.165) is 10.9 Å². The van der Waals surface area contributed by atoms with Gasteiger partial charge in [0.15, 0.2) is 0 Å². The Balaban J connectivity index is 2.15. The van der Waals surface area contributed by atoms with Crippen molar-refractivity contribution in [3.8, 4) is 0 Å². The summed E-state index contributed by atoms with van der Waals surface area (Å²) in [5.74, 6) is -0.176. The average Bonchev–Trinajstić information content (AvgIpc) is 2.83. The van der Waals surface area contributed by atoms with E-state index in [1.54, 1.807) is 0 Å². The van der Waals surface area contributed by atoms with Crippen LogP contribution in [0, 0.1) is 5.82 Å². The Morgan fingerprint density at radius 2 is 2.16 bits per heavy atom. The molecule has 1 heterocycles. The van der Waals surface area contributed by atoms with Crippen molar-refractivity contribution in [1.82, 2.24) is 9.88 Å². The topological polar surface area (TPSA) is 17.0 Å². The van der Waals surface area contributed by atoms with E-state index in [4.69, 9.17) is 0 Å². The highest BCUT2D eigenvalue weighted by molar-refractivity contribution is 9.10. The number of nitrogens with one attached hydrogen (secondary N) is 1. The minimum absolute atomic E-state index is 0.176. The van der Waals surface area contributed by atoms with Gasteiger partial charge in [-0.1, -0.05) is 28.9 Å². The molecular formula is C15H18BrFN2. The first kappa shape index (κ1) is 14.3. The molecule has 0 saturated carbocycles. The van der Waals surface area contributed by atoms with Crippen LogP contribution in [0.25, 0.3) is 0 Å². The molecular weight excluding hydrogens is 307 g/mol. The highest BCUT2D eigenvalue weighted by atomic mass is 79.9. The van der Waals surface area contributed by atoms with Crippen molar-refractivity contribution in [3.05, 3.63) is 58.1 Å². The van der Waals surface area contributed by atoms with E-state index in [1.807, 2.05) is 29.9 Å². The maximum Gasteiger partial charge on any atom is 0.129 e. The third-order valence-electron chi connectivity index (χ3n) is 3.30. The Hall–Kier alpha value is -1.13. The minimum Gasteiger partial charge on any atom is -0.349 e. The number of hydrogen-bond acceptors (Lipinski definition) is 1. The van der Waals surface area contributed by atoms with Gasteiger partial charge < -0.3 is 9.88 Å². The number of hydrogen-bond donors (Lipinski definition) is 1. The van der Waals surface area contributed by atoms with Crippen LogP contribution in [0.4, 0.5) is 4.39 Å². The van der Waals surface area contributed by atoms with E-state index < -0.39 is 0 Å². The number of nitrogens with zero attached hydrogens (tertiary/aromatic N) is 1. The molecule has 102 valence electrons. The van der Waals surface area contributed by atoms with Gasteiger partial charge in [-0.2, -0.15) is 0 Å². The van der Waals surface area contributed by atoms with Crippen molar-refractivity contribution in [1.29, 1.82) is 0 Å². The van der Waals surface area contributed by atoms with Gasteiger partial charge in [0.25, 0.3) is 0 Å². The van der Waals surface area contributed by atoms with E-state index in [-0.39, 0.29) is 5.82 Å². The molecule has 2 rings (SSSR count). The largest absolute Gasteiger partial charge is 0.349 e. The monoisotopic (exact) mass is 324 g/mol. The summed E-state index contributed by atoms with van der Waals surface area (Å²) >= 11 is 3.27.